The van der Waals surface area contributed by atoms with Gasteiger partial charge in [0.15, 0.2) is 0 Å². The molecule has 0 spiro atoms. The Labute approximate surface area is 87.4 Å². The first kappa shape index (κ1) is 10.4. The van der Waals surface area contributed by atoms with Crippen molar-refractivity contribution >= 4 is 0 Å². The van der Waals surface area contributed by atoms with E-state index in [9.17, 15) is 0 Å². The minimum Gasteiger partial charge on any atom is -0.314 e. The van der Waals surface area contributed by atoms with Gasteiger partial charge in [0.2, 0.25) is 0 Å². The number of nitrogens with one attached hydrogen (secondary N) is 1. The van der Waals surface area contributed by atoms with Gasteiger partial charge in [-0.2, -0.15) is 0 Å². The minimum atomic E-state index is 0.938. The molecule has 3 nitrogen and oxygen atoms in total. The second-order valence-electron chi connectivity index (χ2n) is 4.60. The summed E-state index contributed by atoms with van der Waals surface area (Å²) in [4.78, 5) is 5.20. The summed E-state index contributed by atoms with van der Waals surface area (Å²) in [5, 5.41) is 3.41. The van der Waals surface area contributed by atoms with Crippen molar-refractivity contribution in [2.75, 3.05) is 52.4 Å². The van der Waals surface area contributed by atoms with Crippen LogP contribution in [0.4, 0.5) is 0 Å². The fourth-order valence-corrected chi connectivity index (χ4v) is 2.61. The molecule has 2 saturated heterocycles. The van der Waals surface area contributed by atoms with E-state index in [-0.39, 0.29) is 0 Å². The maximum absolute atomic E-state index is 3.41. The van der Waals surface area contributed by atoms with E-state index in [1.54, 1.807) is 0 Å². The summed E-state index contributed by atoms with van der Waals surface area (Å²) in [7, 11) is 0. The summed E-state index contributed by atoms with van der Waals surface area (Å²) < 4.78 is 0. The molecule has 0 bridgehead atoms. The van der Waals surface area contributed by atoms with Crippen LogP contribution in [0.2, 0.25) is 0 Å². The van der Waals surface area contributed by atoms with E-state index in [0.717, 1.165) is 5.92 Å². The molecule has 0 aromatic rings. The van der Waals surface area contributed by atoms with E-state index >= 15 is 0 Å². The molecule has 1 atom stereocenters. The lowest BCUT2D eigenvalue weighted by atomic mass is 10.1. The van der Waals surface area contributed by atoms with E-state index in [1.807, 2.05) is 0 Å². The Morgan fingerprint density at radius 3 is 2.57 bits per heavy atom. The Morgan fingerprint density at radius 2 is 1.93 bits per heavy atom. The number of hydrogen-bond donors (Lipinski definition) is 1. The first-order chi connectivity index (χ1) is 6.88. The molecule has 14 heavy (non-hydrogen) atoms. The smallest absolute Gasteiger partial charge is 0.0107 e. The highest BCUT2D eigenvalue weighted by Gasteiger charge is 2.23. The van der Waals surface area contributed by atoms with Gasteiger partial charge in [-0.1, -0.05) is 6.92 Å². The fourth-order valence-electron chi connectivity index (χ4n) is 2.61. The number of nitrogens with zero attached hydrogens (tertiary/aromatic N) is 2. The van der Waals surface area contributed by atoms with Crippen molar-refractivity contribution in [1.82, 2.24) is 15.1 Å². The molecule has 2 aliphatic rings. The molecular weight excluding hydrogens is 174 g/mol. The van der Waals surface area contributed by atoms with Gasteiger partial charge in [-0.3, -0.25) is 0 Å². The topological polar surface area (TPSA) is 18.5 Å². The Bertz CT molecular complexity index is 166. The molecule has 0 radical (unpaired) electrons. The van der Waals surface area contributed by atoms with E-state index in [4.69, 9.17) is 0 Å². The maximum Gasteiger partial charge on any atom is 0.0107 e. The van der Waals surface area contributed by atoms with Gasteiger partial charge in [-0.15, -0.1) is 0 Å². The standard InChI is InChI=1S/C11H23N3/c1-2-13-6-3-11(9-13)10-14-7-4-12-5-8-14/h11-12H,2-10H2,1H3. The van der Waals surface area contributed by atoms with Crippen molar-refractivity contribution in [2.24, 2.45) is 5.92 Å². The summed E-state index contributed by atoms with van der Waals surface area (Å²) in [6.45, 7) is 12.4. The van der Waals surface area contributed by atoms with Crippen LogP contribution >= 0.6 is 0 Å². The molecule has 2 aliphatic heterocycles. The molecule has 1 N–H and O–H groups in total. The summed E-state index contributed by atoms with van der Waals surface area (Å²) >= 11 is 0. The van der Waals surface area contributed by atoms with E-state index in [1.165, 1.54) is 58.8 Å². The monoisotopic (exact) mass is 197 g/mol. The Kier molecular flexibility index (Phi) is 3.79. The quantitative estimate of drug-likeness (QED) is 0.699. The summed E-state index contributed by atoms with van der Waals surface area (Å²) in [6.07, 6.45) is 1.41. The molecule has 3 heteroatoms. The molecule has 0 aliphatic carbocycles. The molecule has 2 fully saturated rings. The number of likely N-dealkylation sites (tertiary alicyclic amines) is 1. The normalized spacial score (nSPS) is 31.1. The van der Waals surface area contributed by atoms with Crippen LogP contribution in [0.15, 0.2) is 0 Å². The van der Waals surface area contributed by atoms with Crippen molar-refractivity contribution in [3.05, 3.63) is 0 Å². The minimum absolute atomic E-state index is 0.938. The van der Waals surface area contributed by atoms with Gasteiger partial charge in [-0.25, -0.2) is 0 Å². The average molecular weight is 197 g/mol. The Morgan fingerprint density at radius 1 is 1.14 bits per heavy atom. The van der Waals surface area contributed by atoms with Crippen molar-refractivity contribution in [1.29, 1.82) is 0 Å². The van der Waals surface area contributed by atoms with Crippen molar-refractivity contribution in [3.63, 3.8) is 0 Å². The zero-order valence-electron chi connectivity index (χ0n) is 9.34. The van der Waals surface area contributed by atoms with E-state index in [0.29, 0.717) is 0 Å². The zero-order valence-corrected chi connectivity index (χ0v) is 9.34. The van der Waals surface area contributed by atoms with Crippen LogP contribution < -0.4 is 5.32 Å². The van der Waals surface area contributed by atoms with Crippen LogP contribution in [0.5, 0.6) is 0 Å². The van der Waals surface area contributed by atoms with Crippen molar-refractivity contribution in [3.8, 4) is 0 Å². The predicted molar refractivity (Wildman–Crippen MR) is 59.5 cm³/mol. The first-order valence-corrected chi connectivity index (χ1v) is 6.04. The van der Waals surface area contributed by atoms with Crippen molar-refractivity contribution in [2.45, 2.75) is 13.3 Å². The van der Waals surface area contributed by atoms with Gasteiger partial charge < -0.3 is 15.1 Å². The summed E-state index contributed by atoms with van der Waals surface area (Å²) in [5.41, 5.74) is 0. The van der Waals surface area contributed by atoms with Gasteiger partial charge in [0.05, 0.1) is 0 Å². The van der Waals surface area contributed by atoms with Crippen LogP contribution in [0.3, 0.4) is 0 Å². The molecule has 2 heterocycles. The molecule has 0 aromatic heterocycles. The van der Waals surface area contributed by atoms with Crippen molar-refractivity contribution < 1.29 is 0 Å². The first-order valence-electron chi connectivity index (χ1n) is 6.04. The maximum atomic E-state index is 3.41. The molecular formula is C11H23N3. The third-order valence-corrected chi connectivity index (χ3v) is 3.54. The molecule has 0 aromatic carbocycles. The van der Waals surface area contributed by atoms with Gasteiger partial charge in [0.1, 0.15) is 0 Å². The number of piperazine rings is 1. The largest absolute Gasteiger partial charge is 0.314 e. The number of rotatable bonds is 3. The lowest BCUT2D eigenvalue weighted by molar-refractivity contribution is 0.204. The van der Waals surface area contributed by atoms with Crippen LogP contribution in [0.25, 0.3) is 0 Å². The molecule has 1 unspecified atom stereocenters. The highest BCUT2D eigenvalue weighted by atomic mass is 15.2. The van der Waals surface area contributed by atoms with Crippen LogP contribution in [-0.2, 0) is 0 Å². The zero-order chi connectivity index (χ0) is 9.80. The average Bonchev–Trinajstić information content (AvgIpc) is 2.67. The summed E-state index contributed by atoms with van der Waals surface area (Å²) in [5.74, 6) is 0.938. The predicted octanol–water partition coefficient (Wildman–Crippen LogP) is 0.233. The molecule has 0 amide bonds. The van der Waals surface area contributed by atoms with Gasteiger partial charge >= 0.3 is 0 Å². The fraction of sp³-hybridized carbons (Fsp3) is 1.00. The van der Waals surface area contributed by atoms with Gasteiger partial charge in [0.25, 0.3) is 0 Å². The lowest BCUT2D eigenvalue weighted by Crippen LogP contribution is -2.45. The molecule has 82 valence electrons. The highest BCUT2D eigenvalue weighted by molar-refractivity contribution is 4.79. The van der Waals surface area contributed by atoms with E-state index in [2.05, 4.69) is 22.0 Å². The molecule has 2 rings (SSSR count). The van der Waals surface area contributed by atoms with Gasteiger partial charge in [-0.05, 0) is 25.4 Å². The van der Waals surface area contributed by atoms with Gasteiger partial charge in [0, 0.05) is 39.3 Å². The SMILES string of the molecule is CCN1CCC(CN2CCNCC2)C1. The van der Waals surface area contributed by atoms with Crippen LogP contribution in [-0.4, -0.2) is 62.2 Å². The second-order valence-corrected chi connectivity index (χ2v) is 4.60. The lowest BCUT2D eigenvalue weighted by Gasteiger charge is -2.29. The summed E-state index contributed by atoms with van der Waals surface area (Å²) in [6, 6.07) is 0. The Hall–Kier alpha value is -0.120. The Balaban J connectivity index is 1.69. The highest BCUT2D eigenvalue weighted by Crippen LogP contribution is 2.16. The van der Waals surface area contributed by atoms with E-state index < -0.39 is 0 Å². The van der Waals surface area contributed by atoms with Crippen LogP contribution in [0.1, 0.15) is 13.3 Å². The number of hydrogen-bond acceptors (Lipinski definition) is 3. The third-order valence-electron chi connectivity index (χ3n) is 3.54. The second kappa shape index (κ2) is 5.10. The molecule has 0 saturated carbocycles. The van der Waals surface area contributed by atoms with Crippen LogP contribution in [0, 0.1) is 5.92 Å². The third kappa shape index (κ3) is 2.69.